The summed E-state index contributed by atoms with van der Waals surface area (Å²) in [6.45, 7) is 2.84. The van der Waals surface area contributed by atoms with Gasteiger partial charge < -0.3 is 24.8 Å². The van der Waals surface area contributed by atoms with Gasteiger partial charge in [0.2, 0.25) is 0 Å². The summed E-state index contributed by atoms with van der Waals surface area (Å²) < 4.78 is 16.0. The first-order valence-electron chi connectivity index (χ1n) is 6.86. The van der Waals surface area contributed by atoms with Crippen molar-refractivity contribution in [3.63, 3.8) is 0 Å². The largest absolute Gasteiger partial charge is 0.486 e. The van der Waals surface area contributed by atoms with Crippen LogP contribution in [0, 0.1) is 0 Å². The third-order valence-electron chi connectivity index (χ3n) is 3.57. The van der Waals surface area contributed by atoms with E-state index in [0.717, 1.165) is 5.56 Å². The first-order chi connectivity index (χ1) is 10.6. The van der Waals surface area contributed by atoms with Crippen molar-refractivity contribution in [2.75, 3.05) is 20.3 Å². The van der Waals surface area contributed by atoms with Crippen molar-refractivity contribution in [1.82, 2.24) is 10.6 Å². The predicted octanol–water partition coefficient (Wildman–Crippen LogP) is 1.42. The van der Waals surface area contributed by atoms with Crippen LogP contribution in [0.4, 0.5) is 0 Å². The van der Waals surface area contributed by atoms with Gasteiger partial charge in [-0.1, -0.05) is 6.07 Å². The fourth-order valence-corrected chi connectivity index (χ4v) is 2.83. The van der Waals surface area contributed by atoms with Gasteiger partial charge in [0.1, 0.15) is 13.2 Å². The van der Waals surface area contributed by atoms with Gasteiger partial charge in [-0.15, -0.1) is 0 Å². The molecule has 0 amide bonds. The van der Waals surface area contributed by atoms with Crippen LogP contribution in [0.5, 0.6) is 11.5 Å². The van der Waals surface area contributed by atoms with Gasteiger partial charge in [0, 0.05) is 5.70 Å². The first-order valence-corrected chi connectivity index (χ1v) is 7.27. The van der Waals surface area contributed by atoms with Gasteiger partial charge in [-0.2, -0.15) is 0 Å². The normalized spacial score (nSPS) is 20.1. The Bertz CT molecular complexity index is 672. The molecular formula is C15H16N2O4S. The van der Waals surface area contributed by atoms with Crippen LogP contribution in [-0.2, 0) is 9.53 Å². The molecule has 116 valence electrons. The number of nitrogens with one attached hydrogen (secondary N) is 2. The van der Waals surface area contributed by atoms with Crippen molar-refractivity contribution in [3.05, 3.63) is 35.0 Å². The van der Waals surface area contributed by atoms with Crippen molar-refractivity contribution in [1.29, 1.82) is 0 Å². The van der Waals surface area contributed by atoms with Crippen molar-refractivity contribution >= 4 is 23.3 Å². The van der Waals surface area contributed by atoms with Crippen molar-refractivity contribution < 1.29 is 19.0 Å². The number of carbonyl (C=O) groups excluding carboxylic acids is 1. The van der Waals surface area contributed by atoms with E-state index in [1.54, 1.807) is 6.92 Å². The van der Waals surface area contributed by atoms with Crippen molar-refractivity contribution in [2.45, 2.75) is 13.0 Å². The second-order valence-corrected chi connectivity index (χ2v) is 5.37. The Morgan fingerprint density at radius 1 is 1.32 bits per heavy atom. The van der Waals surface area contributed by atoms with Gasteiger partial charge in [0.05, 0.1) is 18.7 Å². The number of rotatable bonds is 2. The summed E-state index contributed by atoms with van der Waals surface area (Å²) in [5.41, 5.74) is 2.02. The smallest absolute Gasteiger partial charge is 0.337 e. The van der Waals surface area contributed by atoms with Crippen LogP contribution in [0.3, 0.4) is 0 Å². The number of thiocarbonyl (C=S) groups is 1. The second kappa shape index (κ2) is 5.84. The van der Waals surface area contributed by atoms with E-state index >= 15 is 0 Å². The number of fused-ring (bicyclic) bond motifs is 1. The Labute approximate surface area is 133 Å². The molecule has 22 heavy (non-hydrogen) atoms. The van der Waals surface area contributed by atoms with Gasteiger partial charge in [-0.25, -0.2) is 4.79 Å². The molecule has 0 bridgehead atoms. The molecule has 0 spiro atoms. The number of allylic oxidation sites excluding steroid dienone is 1. The highest BCUT2D eigenvalue weighted by atomic mass is 32.1. The molecule has 0 unspecified atom stereocenters. The van der Waals surface area contributed by atoms with Crippen LogP contribution in [0.15, 0.2) is 29.5 Å². The molecule has 2 aliphatic heterocycles. The lowest BCUT2D eigenvalue weighted by molar-refractivity contribution is -0.136. The Morgan fingerprint density at radius 2 is 2.05 bits per heavy atom. The number of ether oxygens (including phenoxy) is 3. The minimum atomic E-state index is -0.403. The molecule has 0 fully saturated rings. The fraction of sp³-hybridized carbons (Fsp3) is 0.333. The minimum Gasteiger partial charge on any atom is -0.486 e. The number of methoxy groups -OCH3 is 1. The molecule has 0 saturated carbocycles. The van der Waals surface area contributed by atoms with Crippen LogP contribution in [0.25, 0.3) is 0 Å². The van der Waals surface area contributed by atoms with E-state index in [4.69, 9.17) is 26.4 Å². The lowest BCUT2D eigenvalue weighted by Crippen LogP contribution is -2.45. The molecule has 6 nitrogen and oxygen atoms in total. The standard InChI is InChI=1S/C15H16N2O4S/c1-8-12(14(18)19-2)13(17-15(22)16-8)9-3-4-10-11(7-9)21-6-5-20-10/h3-4,7,13H,5-6H2,1-2H3,(H2,16,17,22)/t13-/m1/s1. The molecule has 3 rings (SSSR count). The molecule has 2 N–H and O–H groups in total. The topological polar surface area (TPSA) is 68.8 Å². The van der Waals surface area contributed by atoms with E-state index in [1.165, 1.54) is 7.11 Å². The monoisotopic (exact) mass is 320 g/mol. The highest BCUT2D eigenvalue weighted by Crippen LogP contribution is 2.35. The number of hydrogen-bond acceptors (Lipinski definition) is 5. The lowest BCUT2D eigenvalue weighted by Gasteiger charge is -2.30. The summed E-state index contributed by atoms with van der Waals surface area (Å²) >= 11 is 5.19. The number of benzene rings is 1. The van der Waals surface area contributed by atoms with Crippen molar-refractivity contribution in [2.24, 2.45) is 0 Å². The molecule has 0 radical (unpaired) electrons. The summed E-state index contributed by atoms with van der Waals surface area (Å²) in [6.07, 6.45) is 0. The Kier molecular flexibility index (Phi) is 3.89. The summed E-state index contributed by atoms with van der Waals surface area (Å²) in [5.74, 6) is 0.962. The van der Waals surface area contributed by atoms with Crippen LogP contribution in [0.1, 0.15) is 18.5 Å². The molecule has 0 saturated heterocycles. The van der Waals surface area contributed by atoms with Crippen LogP contribution >= 0.6 is 12.2 Å². The van der Waals surface area contributed by atoms with E-state index in [0.29, 0.717) is 41.1 Å². The summed E-state index contributed by atoms with van der Waals surface area (Å²) in [4.78, 5) is 12.1. The molecule has 0 aliphatic carbocycles. The molecule has 2 heterocycles. The zero-order valence-electron chi connectivity index (χ0n) is 12.3. The highest BCUT2D eigenvalue weighted by Gasteiger charge is 2.31. The van der Waals surface area contributed by atoms with E-state index in [-0.39, 0.29) is 0 Å². The van der Waals surface area contributed by atoms with E-state index in [2.05, 4.69) is 10.6 Å². The molecule has 1 aromatic rings. The zero-order valence-corrected chi connectivity index (χ0v) is 13.1. The third kappa shape index (κ3) is 2.59. The third-order valence-corrected chi connectivity index (χ3v) is 3.79. The summed E-state index contributed by atoms with van der Waals surface area (Å²) in [6, 6.07) is 5.18. The minimum absolute atomic E-state index is 0.392. The predicted molar refractivity (Wildman–Crippen MR) is 83.8 cm³/mol. The van der Waals surface area contributed by atoms with Gasteiger partial charge in [-0.05, 0) is 36.8 Å². The number of esters is 1. The van der Waals surface area contributed by atoms with E-state index in [1.807, 2.05) is 18.2 Å². The molecule has 1 atom stereocenters. The molecular weight excluding hydrogens is 304 g/mol. The highest BCUT2D eigenvalue weighted by molar-refractivity contribution is 7.80. The molecule has 1 aromatic carbocycles. The number of hydrogen-bond donors (Lipinski definition) is 2. The Hall–Kier alpha value is -2.28. The van der Waals surface area contributed by atoms with Gasteiger partial charge in [0.25, 0.3) is 0 Å². The fourth-order valence-electron chi connectivity index (χ4n) is 2.56. The quantitative estimate of drug-likeness (QED) is 0.631. The summed E-state index contributed by atoms with van der Waals surface area (Å²) in [7, 11) is 1.36. The average Bonchev–Trinajstić information content (AvgIpc) is 2.53. The molecule has 0 aromatic heterocycles. The van der Waals surface area contributed by atoms with Crippen molar-refractivity contribution in [3.8, 4) is 11.5 Å². The maximum absolute atomic E-state index is 12.1. The molecule has 7 heteroatoms. The van der Waals surface area contributed by atoms with Crippen LogP contribution in [-0.4, -0.2) is 31.4 Å². The Morgan fingerprint density at radius 3 is 2.77 bits per heavy atom. The van der Waals surface area contributed by atoms with E-state index < -0.39 is 12.0 Å². The van der Waals surface area contributed by atoms with Gasteiger partial charge in [-0.3, -0.25) is 0 Å². The van der Waals surface area contributed by atoms with Gasteiger partial charge >= 0.3 is 5.97 Å². The van der Waals surface area contributed by atoms with Gasteiger partial charge in [0.15, 0.2) is 16.6 Å². The Balaban J connectivity index is 2.02. The lowest BCUT2D eigenvalue weighted by atomic mass is 9.95. The average molecular weight is 320 g/mol. The maximum atomic E-state index is 12.1. The maximum Gasteiger partial charge on any atom is 0.337 e. The zero-order chi connectivity index (χ0) is 15.7. The summed E-state index contributed by atoms with van der Waals surface area (Å²) in [5, 5.41) is 6.51. The first kappa shape index (κ1) is 14.6. The van der Waals surface area contributed by atoms with Crippen LogP contribution < -0.4 is 20.1 Å². The number of carbonyl (C=O) groups is 1. The SMILES string of the molecule is COC(=O)C1=C(C)NC(=S)N[C@@H]1c1ccc2c(c1)OCCO2. The van der Waals surface area contributed by atoms with E-state index in [9.17, 15) is 4.79 Å². The molecule has 2 aliphatic rings. The van der Waals surface area contributed by atoms with Crippen LogP contribution in [0.2, 0.25) is 0 Å². The second-order valence-electron chi connectivity index (χ2n) is 4.96.